The Hall–Kier alpha value is -1.48. The topological polar surface area (TPSA) is 75.1 Å². The fraction of sp³-hybridized carbons (Fsp3) is 0.571. The van der Waals surface area contributed by atoms with E-state index >= 15 is 0 Å². The van der Waals surface area contributed by atoms with Gasteiger partial charge in [-0.25, -0.2) is 0 Å². The largest absolute Gasteiger partial charge is 0.458 e. The highest BCUT2D eigenvalue weighted by atomic mass is 16.5. The third kappa shape index (κ3) is 0.950. The molecule has 3 atom stereocenters. The SMILES string of the molecule is [N-]=[N+]=N[C@@H]1C=C[C@@H]2OC(=O)C[C@@H]21. The summed E-state index contributed by atoms with van der Waals surface area (Å²) in [5.74, 6) is -0.166. The van der Waals surface area contributed by atoms with Gasteiger partial charge < -0.3 is 4.74 Å². The highest BCUT2D eigenvalue weighted by Crippen LogP contribution is 2.33. The van der Waals surface area contributed by atoms with Gasteiger partial charge in [0.05, 0.1) is 12.5 Å². The number of azide groups is 1. The molecule has 0 radical (unpaired) electrons. The van der Waals surface area contributed by atoms with Gasteiger partial charge in [0.15, 0.2) is 0 Å². The number of hydrogen-bond acceptors (Lipinski definition) is 3. The van der Waals surface area contributed by atoms with Crippen LogP contribution in [0.2, 0.25) is 0 Å². The molecule has 0 amide bonds. The van der Waals surface area contributed by atoms with E-state index in [-0.39, 0.29) is 24.0 Å². The van der Waals surface area contributed by atoms with Gasteiger partial charge in [0, 0.05) is 10.8 Å². The Labute approximate surface area is 68.6 Å². The number of nitrogens with zero attached hydrogens (tertiary/aromatic N) is 3. The van der Waals surface area contributed by atoms with Gasteiger partial charge in [0.2, 0.25) is 0 Å². The lowest BCUT2D eigenvalue weighted by Crippen LogP contribution is -2.16. The second-order valence-corrected chi connectivity index (χ2v) is 2.90. The van der Waals surface area contributed by atoms with Crippen LogP contribution >= 0.6 is 0 Å². The average Bonchev–Trinajstić information content (AvgIpc) is 2.52. The maximum atomic E-state index is 10.8. The molecule has 1 heterocycles. The van der Waals surface area contributed by atoms with Crippen molar-refractivity contribution in [1.29, 1.82) is 0 Å². The van der Waals surface area contributed by atoms with E-state index in [1.165, 1.54) is 0 Å². The number of fused-ring (bicyclic) bond motifs is 1. The normalized spacial score (nSPS) is 37.3. The monoisotopic (exact) mass is 165 g/mol. The van der Waals surface area contributed by atoms with Gasteiger partial charge in [-0.05, 0) is 11.6 Å². The average molecular weight is 165 g/mol. The molecule has 2 aliphatic rings. The zero-order chi connectivity index (χ0) is 8.55. The molecule has 0 bridgehead atoms. The molecule has 12 heavy (non-hydrogen) atoms. The van der Waals surface area contributed by atoms with Gasteiger partial charge in [0.25, 0.3) is 0 Å². The fourth-order valence-electron chi connectivity index (χ4n) is 1.64. The van der Waals surface area contributed by atoms with Gasteiger partial charge in [-0.15, -0.1) is 0 Å². The van der Waals surface area contributed by atoms with Crippen molar-refractivity contribution in [2.24, 2.45) is 11.0 Å². The fourth-order valence-corrected chi connectivity index (χ4v) is 1.64. The molecule has 0 aromatic rings. The van der Waals surface area contributed by atoms with Gasteiger partial charge in [-0.3, -0.25) is 4.79 Å². The number of ether oxygens (including phenoxy) is 1. The standard InChI is InChI=1S/C7H7N3O2/c8-10-9-5-1-2-6-4(5)3-7(11)12-6/h1-2,4-6H,3H2/t4-,5-,6+/m1/s1. The zero-order valence-corrected chi connectivity index (χ0v) is 6.25. The zero-order valence-electron chi connectivity index (χ0n) is 6.25. The molecule has 1 fully saturated rings. The van der Waals surface area contributed by atoms with Crippen LogP contribution in [0, 0.1) is 5.92 Å². The molecule has 5 nitrogen and oxygen atoms in total. The Morgan fingerprint density at radius 1 is 1.67 bits per heavy atom. The first-order chi connectivity index (χ1) is 5.81. The molecular weight excluding hydrogens is 158 g/mol. The predicted molar refractivity (Wildman–Crippen MR) is 40.1 cm³/mol. The maximum absolute atomic E-state index is 10.8. The molecule has 0 saturated carbocycles. The summed E-state index contributed by atoms with van der Waals surface area (Å²) in [7, 11) is 0. The van der Waals surface area contributed by atoms with Gasteiger partial charge >= 0.3 is 5.97 Å². The molecule has 0 unspecified atom stereocenters. The molecule has 2 rings (SSSR count). The minimum absolute atomic E-state index is 0.0356. The van der Waals surface area contributed by atoms with Crippen molar-refractivity contribution in [1.82, 2.24) is 0 Å². The molecule has 1 saturated heterocycles. The van der Waals surface area contributed by atoms with Crippen LogP contribution in [-0.2, 0) is 9.53 Å². The smallest absolute Gasteiger partial charge is 0.306 e. The first kappa shape index (κ1) is 7.18. The summed E-state index contributed by atoms with van der Waals surface area (Å²) in [6, 6.07) is -0.202. The lowest BCUT2D eigenvalue weighted by atomic mass is 10.00. The predicted octanol–water partition coefficient (Wildman–Crippen LogP) is 1.17. The van der Waals surface area contributed by atoms with Crippen molar-refractivity contribution in [2.75, 3.05) is 0 Å². The Balaban J connectivity index is 2.18. The summed E-state index contributed by atoms with van der Waals surface area (Å²) >= 11 is 0. The Bertz CT molecular complexity index is 293. The second-order valence-electron chi connectivity index (χ2n) is 2.90. The Morgan fingerprint density at radius 2 is 2.50 bits per heavy atom. The number of esters is 1. The summed E-state index contributed by atoms with van der Waals surface area (Å²) in [5.41, 5.74) is 8.21. The van der Waals surface area contributed by atoms with Crippen LogP contribution in [0.5, 0.6) is 0 Å². The van der Waals surface area contributed by atoms with E-state index in [0.717, 1.165) is 0 Å². The summed E-state index contributed by atoms with van der Waals surface area (Å²) in [5, 5.41) is 3.56. The molecule has 0 spiro atoms. The first-order valence-electron chi connectivity index (χ1n) is 3.73. The molecule has 0 N–H and O–H groups in total. The summed E-state index contributed by atoms with van der Waals surface area (Å²) < 4.78 is 4.95. The Morgan fingerprint density at radius 3 is 3.25 bits per heavy atom. The van der Waals surface area contributed by atoms with E-state index in [4.69, 9.17) is 10.3 Å². The second kappa shape index (κ2) is 2.53. The third-order valence-corrected chi connectivity index (χ3v) is 2.21. The van der Waals surface area contributed by atoms with Crippen molar-refractivity contribution < 1.29 is 9.53 Å². The van der Waals surface area contributed by atoms with Crippen molar-refractivity contribution in [2.45, 2.75) is 18.6 Å². The van der Waals surface area contributed by atoms with Crippen LogP contribution in [0.1, 0.15) is 6.42 Å². The van der Waals surface area contributed by atoms with E-state index in [0.29, 0.717) is 6.42 Å². The van der Waals surface area contributed by atoms with Crippen LogP contribution in [-0.4, -0.2) is 18.1 Å². The maximum Gasteiger partial charge on any atom is 0.306 e. The van der Waals surface area contributed by atoms with Gasteiger partial charge in [-0.1, -0.05) is 11.2 Å². The molecule has 62 valence electrons. The van der Waals surface area contributed by atoms with Crippen LogP contribution in [0.25, 0.3) is 10.4 Å². The van der Waals surface area contributed by atoms with Crippen molar-refractivity contribution in [3.05, 3.63) is 22.6 Å². The summed E-state index contributed by atoms with van der Waals surface area (Å²) in [6.07, 6.45) is 3.78. The van der Waals surface area contributed by atoms with Crippen LogP contribution in [0.15, 0.2) is 17.3 Å². The van der Waals surface area contributed by atoms with Crippen LogP contribution in [0.4, 0.5) is 0 Å². The third-order valence-electron chi connectivity index (χ3n) is 2.21. The van der Waals surface area contributed by atoms with E-state index in [2.05, 4.69) is 10.0 Å². The molecule has 5 heteroatoms. The lowest BCUT2D eigenvalue weighted by molar-refractivity contribution is -0.140. The Kier molecular flexibility index (Phi) is 1.52. The highest BCUT2D eigenvalue weighted by molar-refractivity contribution is 5.73. The van der Waals surface area contributed by atoms with E-state index in [9.17, 15) is 4.79 Å². The molecule has 1 aliphatic heterocycles. The summed E-state index contributed by atoms with van der Waals surface area (Å²) in [6.45, 7) is 0. The van der Waals surface area contributed by atoms with Crippen LogP contribution < -0.4 is 0 Å². The summed E-state index contributed by atoms with van der Waals surface area (Å²) in [4.78, 5) is 13.5. The van der Waals surface area contributed by atoms with Crippen molar-refractivity contribution in [3.63, 3.8) is 0 Å². The van der Waals surface area contributed by atoms with Crippen molar-refractivity contribution >= 4 is 5.97 Å². The van der Waals surface area contributed by atoms with E-state index < -0.39 is 0 Å². The first-order valence-corrected chi connectivity index (χ1v) is 3.73. The lowest BCUT2D eigenvalue weighted by Gasteiger charge is -2.09. The van der Waals surface area contributed by atoms with E-state index in [1.54, 1.807) is 12.2 Å². The minimum Gasteiger partial charge on any atom is -0.458 e. The number of carbonyl (C=O) groups excluding carboxylic acids is 1. The van der Waals surface area contributed by atoms with Gasteiger partial charge in [0.1, 0.15) is 6.10 Å². The highest BCUT2D eigenvalue weighted by Gasteiger charge is 2.40. The molecule has 0 aromatic carbocycles. The van der Waals surface area contributed by atoms with Gasteiger partial charge in [-0.2, -0.15) is 0 Å². The number of carbonyl (C=O) groups is 1. The van der Waals surface area contributed by atoms with E-state index in [1.807, 2.05) is 0 Å². The quantitative estimate of drug-likeness (QED) is 0.192. The molecule has 1 aliphatic carbocycles. The number of rotatable bonds is 1. The number of hydrogen-bond donors (Lipinski definition) is 0. The molecular formula is C7H7N3O2. The van der Waals surface area contributed by atoms with Crippen molar-refractivity contribution in [3.8, 4) is 0 Å². The minimum atomic E-state index is -0.202. The van der Waals surface area contributed by atoms with Crippen LogP contribution in [0.3, 0.4) is 0 Å². The molecule has 0 aromatic heterocycles.